The van der Waals surface area contributed by atoms with Crippen LogP contribution in [0.25, 0.3) is 0 Å². The van der Waals surface area contributed by atoms with Crippen molar-refractivity contribution in [1.29, 1.82) is 0 Å². The standard InChI is InChI=1S/C14H27NO3/c1-13-4-3-5-14(10-13,12-17)11-15(6-8-16)7-9-18-2/h12-13,16H,3-11H2,1-2H3. The van der Waals surface area contributed by atoms with Gasteiger partial charge in [0.15, 0.2) is 0 Å². The van der Waals surface area contributed by atoms with Gasteiger partial charge in [0.1, 0.15) is 6.29 Å². The summed E-state index contributed by atoms with van der Waals surface area (Å²) < 4.78 is 5.08. The molecule has 1 aliphatic carbocycles. The average Bonchev–Trinajstić information content (AvgIpc) is 2.36. The highest BCUT2D eigenvalue weighted by Gasteiger charge is 2.36. The molecule has 2 atom stereocenters. The Hall–Kier alpha value is -0.450. The lowest BCUT2D eigenvalue weighted by molar-refractivity contribution is -0.120. The number of aliphatic hydroxyl groups is 1. The molecule has 1 N–H and O–H groups in total. The van der Waals surface area contributed by atoms with E-state index in [9.17, 15) is 4.79 Å². The molecule has 0 heterocycles. The number of hydrogen-bond acceptors (Lipinski definition) is 4. The highest BCUT2D eigenvalue weighted by atomic mass is 16.5. The van der Waals surface area contributed by atoms with Crippen LogP contribution in [0.5, 0.6) is 0 Å². The first kappa shape index (κ1) is 15.6. The summed E-state index contributed by atoms with van der Waals surface area (Å²) in [4.78, 5) is 13.7. The van der Waals surface area contributed by atoms with Crippen molar-refractivity contribution in [2.75, 3.05) is 40.0 Å². The summed E-state index contributed by atoms with van der Waals surface area (Å²) in [6.45, 7) is 5.15. The number of aldehydes is 1. The van der Waals surface area contributed by atoms with Crippen LogP contribution in [0.4, 0.5) is 0 Å². The Kier molecular flexibility index (Phi) is 6.82. The third-order valence-electron chi connectivity index (χ3n) is 3.94. The van der Waals surface area contributed by atoms with Gasteiger partial charge in [0.2, 0.25) is 0 Å². The molecule has 0 spiro atoms. The first-order valence-electron chi connectivity index (χ1n) is 6.94. The van der Waals surface area contributed by atoms with Gasteiger partial charge in [-0.25, -0.2) is 0 Å². The second kappa shape index (κ2) is 7.87. The SMILES string of the molecule is COCCN(CCO)CC1(C=O)CCCC(C)C1. The topological polar surface area (TPSA) is 49.8 Å². The van der Waals surface area contributed by atoms with Crippen LogP contribution in [-0.4, -0.2) is 56.3 Å². The van der Waals surface area contributed by atoms with Crippen molar-refractivity contribution in [3.8, 4) is 0 Å². The summed E-state index contributed by atoms with van der Waals surface area (Å²) in [6.07, 6.45) is 5.48. The minimum Gasteiger partial charge on any atom is -0.395 e. The molecule has 1 saturated carbocycles. The van der Waals surface area contributed by atoms with Gasteiger partial charge in [0, 0.05) is 32.2 Å². The van der Waals surface area contributed by atoms with Crippen LogP contribution >= 0.6 is 0 Å². The molecule has 18 heavy (non-hydrogen) atoms. The average molecular weight is 257 g/mol. The van der Waals surface area contributed by atoms with Gasteiger partial charge in [0.05, 0.1) is 13.2 Å². The molecule has 0 saturated heterocycles. The minimum absolute atomic E-state index is 0.133. The zero-order chi connectivity index (χ0) is 13.4. The van der Waals surface area contributed by atoms with E-state index >= 15 is 0 Å². The second-order valence-electron chi connectivity index (χ2n) is 5.67. The van der Waals surface area contributed by atoms with Crippen molar-refractivity contribution in [3.63, 3.8) is 0 Å². The summed E-state index contributed by atoms with van der Waals surface area (Å²) in [5, 5.41) is 9.10. The van der Waals surface area contributed by atoms with Crippen molar-refractivity contribution < 1.29 is 14.6 Å². The Morgan fingerprint density at radius 1 is 1.50 bits per heavy atom. The van der Waals surface area contributed by atoms with Gasteiger partial charge in [-0.05, 0) is 18.8 Å². The maximum Gasteiger partial charge on any atom is 0.127 e. The number of aliphatic hydroxyl groups excluding tert-OH is 1. The fourth-order valence-electron chi connectivity index (χ4n) is 3.07. The van der Waals surface area contributed by atoms with Crippen molar-refractivity contribution in [2.24, 2.45) is 11.3 Å². The molecule has 4 heteroatoms. The monoisotopic (exact) mass is 257 g/mol. The van der Waals surface area contributed by atoms with Gasteiger partial charge in [-0.15, -0.1) is 0 Å². The zero-order valence-electron chi connectivity index (χ0n) is 11.7. The maximum absolute atomic E-state index is 11.5. The summed E-state index contributed by atoms with van der Waals surface area (Å²) in [5.74, 6) is 0.627. The van der Waals surface area contributed by atoms with Crippen LogP contribution < -0.4 is 0 Å². The van der Waals surface area contributed by atoms with E-state index in [1.165, 1.54) is 6.42 Å². The van der Waals surface area contributed by atoms with Gasteiger partial charge in [-0.2, -0.15) is 0 Å². The highest BCUT2D eigenvalue weighted by Crippen LogP contribution is 2.38. The van der Waals surface area contributed by atoms with Crippen molar-refractivity contribution in [2.45, 2.75) is 32.6 Å². The van der Waals surface area contributed by atoms with Crippen molar-refractivity contribution in [1.82, 2.24) is 4.90 Å². The first-order chi connectivity index (χ1) is 8.65. The quantitative estimate of drug-likeness (QED) is 0.666. The third kappa shape index (κ3) is 4.67. The second-order valence-corrected chi connectivity index (χ2v) is 5.67. The van der Waals surface area contributed by atoms with Gasteiger partial charge in [0.25, 0.3) is 0 Å². The number of carbonyl (C=O) groups is 1. The molecule has 2 unspecified atom stereocenters. The van der Waals surface area contributed by atoms with Gasteiger partial charge < -0.3 is 14.6 Å². The van der Waals surface area contributed by atoms with Crippen LogP contribution in [-0.2, 0) is 9.53 Å². The van der Waals surface area contributed by atoms with E-state index in [4.69, 9.17) is 9.84 Å². The number of ether oxygens (including phenoxy) is 1. The van der Waals surface area contributed by atoms with Gasteiger partial charge >= 0.3 is 0 Å². The van der Waals surface area contributed by atoms with Crippen LogP contribution in [0, 0.1) is 11.3 Å². The molecule has 0 amide bonds. The van der Waals surface area contributed by atoms with Crippen LogP contribution in [0.15, 0.2) is 0 Å². The predicted molar refractivity (Wildman–Crippen MR) is 71.5 cm³/mol. The fraction of sp³-hybridized carbons (Fsp3) is 0.929. The molecule has 106 valence electrons. The summed E-state index contributed by atoms with van der Waals surface area (Å²) in [7, 11) is 1.68. The van der Waals surface area contributed by atoms with Crippen LogP contribution in [0.1, 0.15) is 32.6 Å². The van der Waals surface area contributed by atoms with E-state index in [0.717, 1.165) is 38.6 Å². The van der Waals surface area contributed by atoms with E-state index in [0.29, 0.717) is 19.1 Å². The number of methoxy groups -OCH3 is 1. The zero-order valence-corrected chi connectivity index (χ0v) is 11.7. The lowest BCUT2D eigenvalue weighted by Crippen LogP contribution is -2.44. The Bertz CT molecular complexity index is 247. The molecule has 0 bridgehead atoms. The summed E-state index contributed by atoms with van der Waals surface area (Å²) in [5.41, 5.74) is -0.208. The van der Waals surface area contributed by atoms with Crippen LogP contribution in [0.2, 0.25) is 0 Å². The molecule has 0 aliphatic heterocycles. The van der Waals surface area contributed by atoms with E-state index in [2.05, 4.69) is 11.8 Å². The molecular weight excluding hydrogens is 230 g/mol. The largest absolute Gasteiger partial charge is 0.395 e. The van der Waals surface area contributed by atoms with E-state index in [1.807, 2.05) is 0 Å². The normalized spacial score (nSPS) is 28.6. The Balaban J connectivity index is 2.59. The maximum atomic E-state index is 11.5. The molecule has 1 rings (SSSR count). The van der Waals surface area contributed by atoms with Crippen molar-refractivity contribution in [3.05, 3.63) is 0 Å². The number of carbonyl (C=O) groups excluding carboxylic acids is 1. The van der Waals surface area contributed by atoms with E-state index in [1.54, 1.807) is 7.11 Å². The minimum atomic E-state index is -0.208. The molecule has 0 radical (unpaired) electrons. The van der Waals surface area contributed by atoms with E-state index in [-0.39, 0.29) is 12.0 Å². The Morgan fingerprint density at radius 2 is 2.28 bits per heavy atom. The van der Waals surface area contributed by atoms with E-state index < -0.39 is 0 Å². The number of rotatable bonds is 8. The molecule has 0 aromatic carbocycles. The summed E-state index contributed by atoms with van der Waals surface area (Å²) in [6, 6.07) is 0. The molecule has 0 aromatic rings. The molecule has 1 fully saturated rings. The highest BCUT2D eigenvalue weighted by molar-refractivity contribution is 5.60. The fourth-order valence-corrected chi connectivity index (χ4v) is 3.07. The molecule has 0 aromatic heterocycles. The third-order valence-corrected chi connectivity index (χ3v) is 3.94. The Labute approximate surface area is 110 Å². The smallest absolute Gasteiger partial charge is 0.127 e. The molecule has 1 aliphatic rings. The number of hydrogen-bond donors (Lipinski definition) is 1. The number of nitrogens with zero attached hydrogens (tertiary/aromatic N) is 1. The lowest BCUT2D eigenvalue weighted by Gasteiger charge is -2.39. The first-order valence-corrected chi connectivity index (χ1v) is 6.94. The molecule has 4 nitrogen and oxygen atoms in total. The Morgan fingerprint density at radius 3 is 2.83 bits per heavy atom. The lowest BCUT2D eigenvalue weighted by atomic mass is 9.70. The van der Waals surface area contributed by atoms with Gasteiger partial charge in [-0.3, -0.25) is 4.90 Å². The molecular formula is C14H27NO3. The van der Waals surface area contributed by atoms with Crippen molar-refractivity contribution >= 4 is 6.29 Å². The predicted octanol–water partition coefficient (Wildman–Crippen LogP) is 1.32. The van der Waals surface area contributed by atoms with Gasteiger partial charge in [-0.1, -0.05) is 19.8 Å². The van der Waals surface area contributed by atoms with Crippen LogP contribution in [0.3, 0.4) is 0 Å². The summed E-state index contributed by atoms with van der Waals surface area (Å²) >= 11 is 0.